The molecule has 0 fully saturated rings. The van der Waals surface area contributed by atoms with Gasteiger partial charge in [0.05, 0.1) is 7.11 Å². The highest BCUT2D eigenvalue weighted by Crippen LogP contribution is 2.38. The Morgan fingerprint density at radius 2 is 1.74 bits per heavy atom. The maximum atomic E-state index is 10.6. The average molecular weight is 258 g/mol. The van der Waals surface area contributed by atoms with Gasteiger partial charge in [-0.05, 0) is 5.56 Å². The molecule has 0 aliphatic heterocycles. The second kappa shape index (κ2) is 5.36. The number of nitrogens with zero attached hydrogens (tertiary/aromatic N) is 2. The molecule has 1 aromatic carbocycles. The Morgan fingerprint density at radius 3 is 2.37 bits per heavy atom. The zero-order valence-corrected chi connectivity index (χ0v) is 11.4. The molecular formula is C15H18N2O2. The van der Waals surface area contributed by atoms with Crippen molar-refractivity contribution in [1.82, 2.24) is 9.97 Å². The minimum atomic E-state index is -0.793. The minimum Gasteiger partial charge on any atom is -0.480 e. The first-order valence-corrected chi connectivity index (χ1v) is 6.16. The molecule has 0 bridgehead atoms. The lowest BCUT2D eigenvalue weighted by Crippen LogP contribution is -2.28. The molecule has 2 rings (SSSR count). The Labute approximate surface area is 113 Å². The van der Waals surface area contributed by atoms with Gasteiger partial charge in [-0.2, -0.15) is 0 Å². The lowest BCUT2D eigenvalue weighted by Gasteiger charge is -2.31. The number of hydrogen-bond donors (Lipinski definition) is 1. The fraction of sp³-hybridized carbons (Fsp3) is 0.333. The van der Waals surface area contributed by atoms with E-state index in [9.17, 15) is 5.11 Å². The average Bonchev–Trinajstić information content (AvgIpc) is 2.47. The Balaban J connectivity index is 2.40. The predicted molar refractivity (Wildman–Crippen MR) is 73.0 cm³/mol. The van der Waals surface area contributed by atoms with Gasteiger partial charge in [-0.25, -0.2) is 4.98 Å². The topological polar surface area (TPSA) is 55.2 Å². The molecule has 1 atom stereocenters. The third kappa shape index (κ3) is 2.58. The van der Waals surface area contributed by atoms with E-state index in [-0.39, 0.29) is 0 Å². The second-order valence-corrected chi connectivity index (χ2v) is 4.94. The Morgan fingerprint density at radius 1 is 1.11 bits per heavy atom. The van der Waals surface area contributed by atoms with Gasteiger partial charge in [0.1, 0.15) is 11.8 Å². The third-order valence-corrected chi connectivity index (χ3v) is 3.34. The van der Waals surface area contributed by atoms with Gasteiger partial charge in [0, 0.05) is 17.8 Å². The predicted octanol–water partition coefficient (Wildman–Crippen LogP) is 2.50. The zero-order chi connectivity index (χ0) is 13.9. The standard InChI is InChI=1S/C15H18N2O2/c1-15(2,11-7-5-4-6-8-11)13(18)12-14(19-3)17-10-9-16-12/h4-10,13,18H,1-3H3. The molecule has 0 spiro atoms. The summed E-state index contributed by atoms with van der Waals surface area (Å²) in [6, 6.07) is 9.85. The molecule has 0 aliphatic carbocycles. The third-order valence-electron chi connectivity index (χ3n) is 3.34. The largest absolute Gasteiger partial charge is 0.480 e. The highest BCUT2D eigenvalue weighted by atomic mass is 16.5. The molecule has 1 aromatic heterocycles. The van der Waals surface area contributed by atoms with Crippen LogP contribution in [0.4, 0.5) is 0 Å². The van der Waals surface area contributed by atoms with Crippen molar-refractivity contribution in [2.24, 2.45) is 0 Å². The molecule has 100 valence electrons. The van der Waals surface area contributed by atoms with Gasteiger partial charge in [0.25, 0.3) is 0 Å². The number of rotatable bonds is 4. The number of aromatic nitrogens is 2. The quantitative estimate of drug-likeness (QED) is 0.915. The van der Waals surface area contributed by atoms with Crippen LogP contribution in [-0.4, -0.2) is 22.2 Å². The van der Waals surface area contributed by atoms with E-state index in [0.29, 0.717) is 11.6 Å². The van der Waals surface area contributed by atoms with Crippen molar-refractivity contribution in [1.29, 1.82) is 0 Å². The summed E-state index contributed by atoms with van der Waals surface area (Å²) in [6.45, 7) is 3.95. The van der Waals surface area contributed by atoms with Crippen molar-refractivity contribution in [3.05, 3.63) is 54.0 Å². The second-order valence-electron chi connectivity index (χ2n) is 4.94. The van der Waals surface area contributed by atoms with Crippen LogP contribution in [0.25, 0.3) is 0 Å². The van der Waals surface area contributed by atoms with Gasteiger partial charge in [-0.3, -0.25) is 4.98 Å². The van der Waals surface area contributed by atoms with E-state index in [1.165, 1.54) is 7.11 Å². The van der Waals surface area contributed by atoms with Crippen molar-refractivity contribution < 1.29 is 9.84 Å². The lowest BCUT2D eigenvalue weighted by molar-refractivity contribution is 0.0923. The van der Waals surface area contributed by atoms with Gasteiger partial charge in [0.2, 0.25) is 5.88 Å². The molecule has 0 saturated heterocycles. The van der Waals surface area contributed by atoms with E-state index in [4.69, 9.17) is 4.74 Å². The summed E-state index contributed by atoms with van der Waals surface area (Å²) in [5.74, 6) is 0.360. The van der Waals surface area contributed by atoms with E-state index in [1.54, 1.807) is 12.4 Å². The molecule has 2 aromatic rings. The molecule has 0 radical (unpaired) electrons. The first-order chi connectivity index (χ1) is 9.07. The SMILES string of the molecule is COc1nccnc1C(O)C(C)(C)c1ccccc1. The van der Waals surface area contributed by atoms with Crippen LogP contribution in [0.15, 0.2) is 42.7 Å². The van der Waals surface area contributed by atoms with E-state index in [0.717, 1.165) is 5.56 Å². The number of hydrogen-bond acceptors (Lipinski definition) is 4. The Bertz CT molecular complexity index is 541. The Kier molecular flexibility index (Phi) is 3.81. The molecule has 4 heteroatoms. The smallest absolute Gasteiger partial charge is 0.238 e. The lowest BCUT2D eigenvalue weighted by atomic mass is 9.78. The molecule has 19 heavy (non-hydrogen) atoms. The molecule has 4 nitrogen and oxygen atoms in total. The van der Waals surface area contributed by atoms with E-state index >= 15 is 0 Å². The van der Waals surface area contributed by atoms with Gasteiger partial charge in [-0.15, -0.1) is 0 Å². The monoisotopic (exact) mass is 258 g/mol. The molecular weight excluding hydrogens is 240 g/mol. The van der Waals surface area contributed by atoms with Crippen LogP contribution in [0.2, 0.25) is 0 Å². The van der Waals surface area contributed by atoms with Crippen LogP contribution < -0.4 is 4.74 Å². The maximum Gasteiger partial charge on any atom is 0.238 e. The van der Waals surface area contributed by atoms with Gasteiger partial charge in [0.15, 0.2) is 0 Å². The summed E-state index contributed by atoms with van der Waals surface area (Å²) in [4.78, 5) is 8.28. The van der Waals surface area contributed by atoms with E-state index in [1.807, 2.05) is 44.2 Å². The van der Waals surface area contributed by atoms with E-state index < -0.39 is 11.5 Å². The molecule has 0 saturated carbocycles. The number of ether oxygens (including phenoxy) is 1. The van der Waals surface area contributed by atoms with Crippen LogP contribution >= 0.6 is 0 Å². The van der Waals surface area contributed by atoms with Crippen molar-refractivity contribution in [2.75, 3.05) is 7.11 Å². The number of methoxy groups -OCH3 is 1. The minimum absolute atomic E-state index is 0.360. The number of benzene rings is 1. The van der Waals surface area contributed by atoms with Crippen molar-refractivity contribution >= 4 is 0 Å². The fourth-order valence-corrected chi connectivity index (χ4v) is 2.05. The first-order valence-electron chi connectivity index (χ1n) is 6.16. The van der Waals surface area contributed by atoms with Gasteiger partial charge in [-0.1, -0.05) is 44.2 Å². The molecule has 1 N–H and O–H groups in total. The fourth-order valence-electron chi connectivity index (χ4n) is 2.05. The number of aliphatic hydroxyl groups is 1. The summed E-state index contributed by atoms with van der Waals surface area (Å²) in [6.07, 6.45) is 2.31. The van der Waals surface area contributed by atoms with Crippen molar-refractivity contribution in [2.45, 2.75) is 25.4 Å². The van der Waals surface area contributed by atoms with Crippen molar-refractivity contribution in [3.8, 4) is 5.88 Å². The molecule has 0 aliphatic rings. The molecule has 0 amide bonds. The maximum absolute atomic E-state index is 10.6. The Hall–Kier alpha value is -1.94. The summed E-state index contributed by atoms with van der Waals surface area (Å²) in [5, 5.41) is 10.6. The van der Waals surface area contributed by atoms with Crippen LogP contribution in [-0.2, 0) is 5.41 Å². The first kappa shape index (κ1) is 13.5. The van der Waals surface area contributed by atoms with Crippen molar-refractivity contribution in [3.63, 3.8) is 0 Å². The normalized spacial score (nSPS) is 13.1. The highest BCUT2D eigenvalue weighted by molar-refractivity contribution is 5.31. The zero-order valence-electron chi connectivity index (χ0n) is 11.4. The highest BCUT2D eigenvalue weighted by Gasteiger charge is 2.34. The molecule has 1 heterocycles. The molecule has 1 unspecified atom stereocenters. The van der Waals surface area contributed by atoms with Gasteiger partial charge >= 0.3 is 0 Å². The summed E-state index contributed by atoms with van der Waals surface area (Å²) >= 11 is 0. The summed E-state index contributed by atoms with van der Waals surface area (Å²) < 4.78 is 5.16. The van der Waals surface area contributed by atoms with Gasteiger partial charge < -0.3 is 9.84 Å². The van der Waals surface area contributed by atoms with E-state index in [2.05, 4.69) is 9.97 Å². The number of aliphatic hydroxyl groups excluding tert-OH is 1. The van der Waals surface area contributed by atoms with Crippen LogP contribution in [0, 0.1) is 0 Å². The van der Waals surface area contributed by atoms with Crippen LogP contribution in [0.1, 0.15) is 31.2 Å². The summed E-state index contributed by atoms with van der Waals surface area (Å²) in [7, 11) is 1.52. The summed E-state index contributed by atoms with van der Waals surface area (Å²) in [5.41, 5.74) is 1.01. The van der Waals surface area contributed by atoms with Crippen LogP contribution in [0.5, 0.6) is 5.88 Å². The van der Waals surface area contributed by atoms with Crippen LogP contribution in [0.3, 0.4) is 0 Å².